The average molecular weight is 351 g/mol. The second-order valence-electron chi connectivity index (χ2n) is 5.20. The van der Waals surface area contributed by atoms with Crippen LogP contribution in [0.15, 0.2) is 12.1 Å². The van der Waals surface area contributed by atoms with Crippen molar-refractivity contribution in [3.05, 3.63) is 28.0 Å². The molecule has 1 heterocycles. The van der Waals surface area contributed by atoms with Crippen molar-refractivity contribution >= 4 is 44.1 Å². The molecule has 1 N–H and O–H groups in total. The largest absolute Gasteiger partial charge is 0.381 e. The maximum Gasteiger partial charge on any atom is 0.153 e. The van der Waals surface area contributed by atoms with Crippen molar-refractivity contribution in [2.75, 3.05) is 11.5 Å². The quantitative estimate of drug-likeness (QED) is 0.919. The molecule has 0 saturated carbocycles. The van der Waals surface area contributed by atoms with Crippen molar-refractivity contribution in [1.29, 1.82) is 0 Å². The molecule has 0 spiro atoms. The van der Waals surface area contributed by atoms with Crippen molar-refractivity contribution in [2.45, 2.75) is 19.4 Å². The van der Waals surface area contributed by atoms with Gasteiger partial charge in [0, 0.05) is 12.8 Å². The summed E-state index contributed by atoms with van der Waals surface area (Å²) < 4.78 is 25.2. The maximum atomic E-state index is 11.8. The monoisotopic (exact) mass is 350 g/mol. The number of imidazole rings is 1. The van der Waals surface area contributed by atoms with Crippen molar-refractivity contribution in [2.24, 2.45) is 7.05 Å². The summed E-state index contributed by atoms with van der Waals surface area (Å²) in [5, 5.41) is 11.3. The van der Waals surface area contributed by atoms with E-state index in [4.69, 9.17) is 23.2 Å². The van der Waals surface area contributed by atoms with Gasteiger partial charge in [-0.25, -0.2) is 13.4 Å². The van der Waals surface area contributed by atoms with Gasteiger partial charge < -0.3 is 9.67 Å². The highest BCUT2D eigenvalue weighted by Crippen LogP contribution is 2.31. The molecule has 2 aromatic rings. The third kappa shape index (κ3) is 3.18. The topological polar surface area (TPSA) is 72.2 Å². The highest BCUT2D eigenvalue weighted by atomic mass is 35.5. The molecule has 1 unspecified atom stereocenters. The van der Waals surface area contributed by atoms with Gasteiger partial charge in [0.25, 0.3) is 0 Å². The fourth-order valence-electron chi connectivity index (χ4n) is 2.26. The summed E-state index contributed by atoms with van der Waals surface area (Å²) in [7, 11) is -1.65. The van der Waals surface area contributed by atoms with Crippen molar-refractivity contribution in [3.63, 3.8) is 0 Å². The highest BCUT2D eigenvalue weighted by molar-refractivity contribution is 7.91. The number of hydrogen-bond acceptors (Lipinski definition) is 4. The minimum atomic E-state index is -3.35. The Balaban J connectivity index is 2.59. The number of rotatable bonds is 4. The van der Waals surface area contributed by atoms with Crippen LogP contribution in [0.4, 0.5) is 0 Å². The van der Waals surface area contributed by atoms with Gasteiger partial charge in [-0.1, -0.05) is 30.1 Å². The fraction of sp³-hybridized carbons (Fsp3) is 0.462. The number of halogens is 2. The van der Waals surface area contributed by atoms with E-state index in [0.717, 1.165) is 0 Å². The zero-order valence-corrected chi connectivity index (χ0v) is 14.2. The van der Waals surface area contributed by atoms with Crippen LogP contribution in [0.3, 0.4) is 0 Å². The molecule has 2 rings (SSSR count). The molecule has 0 bridgehead atoms. The zero-order valence-electron chi connectivity index (χ0n) is 11.9. The Morgan fingerprint density at radius 2 is 1.90 bits per heavy atom. The van der Waals surface area contributed by atoms with Gasteiger partial charge in [0.15, 0.2) is 9.84 Å². The van der Waals surface area contributed by atoms with Crippen LogP contribution in [0.2, 0.25) is 10.0 Å². The van der Waals surface area contributed by atoms with Gasteiger partial charge >= 0.3 is 0 Å². The number of aromatic nitrogens is 2. The molecule has 1 aromatic carbocycles. The lowest BCUT2D eigenvalue weighted by Gasteiger charge is -2.22. The first-order valence-electron chi connectivity index (χ1n) is 6.32. The molecule has 116 valence electrons. The van der Waals surface area contributed by atoms with Crippen LogP contribution >= 0.6 is 23.2 Å². The summed E-state index contributed by atoms with van der Waals surface area (Å²) in [6, 6.07) is 3.23. The summed E-state index contributed by atoms with van der Waals surface area (Å²) in [5.41, 5.74) is -0.369. The molecule has 0 radical (unpaired) electrons. The molecular formula is C13H16Cl2N2O3S. The number of hydrogen-bond donors (Lipinski definition) is 1. The fourth-order valence-corrected chi connectivity index (χ4v) is 3.77. The van der Waals surface area contributed by atoms with Crippen LogP contribution < -0.4 is 0 Å². The SMILES string of the molecule is CCS(=O)(=O)CC(C)(O)c1nc2cc(Cl)c(Cl)cc2n1C. The number of aliphatic hydroxyl groups is 1. The van der Waals surface area contributed by atoms with Crippen LogP contribution in [-0.2, 0) is 22.5 Å². The normalized spacial score (nSPS) is 15.3. The van der Waals surface area contributed by atoms with Crippen molar-refractivity contribution in [3.8, 4) is 0 Å². The Bertz CT molecular complexity index is 797. The molecule has 5 nitrogen and oxygen atoms in total. The standard InChI is InChI=1S/C13H16Cl2N2O3S/c1-4-21(19,20)7-13(2,18)12-16-10-5-8(14)9(15)6-11(10)17(12)3/h5-6,18H,4,7H2,1-3H3. The minimum absolute atomic E-state index is 0.0370. The Kier molecular flexibility index (Phi) is 4.28. The Labute approximate surface area is 133 Å². The Hall–Kier alpha value is -0.820. The first kappa shape index (κ1) is 16.5. The van der Waals surface area contributed by atoms with Crippen LogP contribution in [-0.4, -0.2) is 34.6 Å². The molecular weight excluding hydrogens is 335 g/mol. The second-order valence-corrected chi connectivity index (χ2v) is 8.37. The van der Waals surface area contributed by atoms with E-state index in [1.54, 1.807) is 30.7 Å². The third-order valence-corrected chi connectivity index (χ3v) is 5.95. The summed E-state index contributed by atoms with van der Waals surface area (Å²) >= 11 is 11.9. The van der Waals surface area contributed by atoms with E-state index in [9.17, 15) is 13.5 Å². The van der Waals surface area contributed by atoms with Crippen LogP contribution in [0.5, 0.6) is 0 Å². The van der Waals surface area contributed by atoms with E-state index in [1.807, 2.05) is 0 Å². The van der Waals surface area contributed by atoms with E-state index in [1.165, 1.54) is 6.92 Å². The molecule has 8 heteroatoms. The van der Waals surface area contributed by atoms with Gasteiger partial charge in [-0.2, -0.15) is 0 Å². The van der Waals surface area contributed by atoms with Gasteiger partial charge in [0.1, 0.15) is 11.4 Å². The molecule has 1 atom stereocenters. The van der Waals surface area contributed by atoms with Gasteiger partial charge in [-0.15, -0.1) is 0 Å². The van der Waals surface area contributed by atoms with E-state index < -0.39 is 21.2 Å². The Morgan fingerprint density at radius 3 is 2.48 bits per heavy atom. The zero-order chi connectivity index (χ0) is 16.0. The predicted molar refractivity (Wildman–Crippen MR) is 84.6 cm³/mol. The summed E-state index contributed by atoms with van der Waals surface area (Å²) in [6.07, 6.45) is 0. The van der Waals surface area contributed by atoms with Gasteiger partial charge in [0.05, 0.1) is 26.8 Å². The number of fused-ring (bicyclic) bond motifs is 1. The lowest BCUT2D eigenvalue weighted by Crippen LogP contribution is -2.34. The molecule has 0 saturated heterocycles. The lowest BCUT2D eigenvalue weighted by atomic mass is 10.1. The molecule has 0 aliphatic heterocycles. The molecule has 1 aromatic heterocycles. The van der Waals surface area contributed by atoms with E-state index in [2.05, 4.69) is 4.98 Å². The summed E-state index contributed by atoms with van der Waals surface area (Å²) in [6.45, 7) is 2.98. The summed E-state index contributed by atoms with van der Waals surface area (Å²) in [5.74, 6) is -0.173. The Morgan fingerprint density at radius 1 is 1.33 bits per heavy atom. The second kappa shape index (κ2) is 5.43. The number of benzene rings is 1. The van der Waals surface area contributed by atoms with Crippen LogP contribution in [0, 0.1) is 0 Å². The van der Waals surface area contributed by atoms with Crippen LogP contribution in [0.25, 0.3) is 11.0 Å². The van der Waals surface area contributed by atoms with E-state index in [0.29, 0.717) is 21.1 Å². The highest BCUT2D eigenvalue weighted by Gasteiger charge is 2.34. The molecule has 0 aliphatic rings. The number of aryl methyl sites for hydroxylation is 1. The summed E-state index contributed by atoms with van der Waals surface area (Å²) in [4.78, 5) is 4.31. The van der Waals surface area contributed by atoms with Crippen molar-refractivity contribution in [1.82, 2.24) is 9.55 Å². The minimum Gasteiger partial charge on any atom is -0.381 e. The van der Waals surface area contributed by atoms with Gasteiger partial charge in [0.2, 0.25) is 0 Å². The number of sulfone groups is 1. The average Bonchev–Trinajstić information content (AvgIpc) is 2.67. The molecule has 0 amide bonds. The first-order chi connectivity index (χ1) is 9.57. The third-order valence-electron chi connectivity index (χ3n) is 3.35. The number of nitrogens with zero attached hydrogens (tertiary/aromatic N) is 2. The van der Waals surface area contributed by atoms with Gasteiger partial charge in [-0.05, 0) is 19.1 Å². The lowest BCUT2D eigenvalue weighted by molar-refractivity contribution is 0.0697. The van der Waals surface area contributed by atoms with Crippen molar-refractivity contribution < 1.29 is 13.5 Å². The van der Waals surface area contributed by atoms with Crippen LogP contribution in [0.1, 0.15) is 19.7 Å². The smallest absolute Gasteiger partial charge is 0.153 e. The molecule has 0 aliphatic carbocycles. The van der Waals surface area contributed by atoms with Gasteiger partial charge in [-0.3, -0.25) is 0 Å². The molecule has 0 fully saturated rings. The van der Waals surface area contributed by atoms with E-state index in [-0.39, 0.29) is 11.6 Å². The molecule has 21 heavy (non-hydrogen) atoms. The maximum absolute atomic E-state index is 11.8. The first-order valence-corrected chi connectivity index (χ1v) is 8.90. The predicted octanol–water partition coefficient (Wildman–Crippen LogP) is 2.52. The van der Waals surface area contributed by atoms with E-state index >= 15 is 0 Å².